The minimum Gasteiger partial charge on any atom is -0.381 e. The number of hydrogen-bond acceptors (Lipinski definition) is 6. The molecular formula is C15H27N3O3. The van der Waals surface area contributed by atoms with Crippen LogP contribution in [0.15, 0.2) is 4.52 Å². The van der Waals surface area contributed by atoms with Gasteiger partial charge in [0.25, 0.3) is 0 Å². The van der Waals surface area contributed by atoms with Crippen LogP contribution in [0, 0.1) is 11.8 Å². The molecule has 1 fully saturated rings. The monoisotopic (exact) mass is 297 g/mol. The number of nitrogens with two attached hydrogens (primary N) is 1. The molecule has 1 saturated heterocycles. The molecule has 6 nitrogen and oxygen atoms in total. The van der Waals surface area contributed by atoms with Crippen molar-refractivity contribution in [3.63, 3.8) is 0 Å². The van der Waals surface area contributed by atoms with Gasteiger partial charge in [-0.15, -0.1) is 0 Å². The van der Waals surface area contributed by atoms with E-state index in [1.165, 1.54) is 0 Å². The van der Waals surface area contributed by atoms with E-state index in [2.05, 4.69) is 24.0 Å². The molecule has 0 saturated carbocycles. The number of ether oxygens (including phenoxy) is 2. The van der Waals surface area contributed by atoms with E-state index in [0.717, 1.165) is 25.7 Å². The number of rotatable bonds is 7. The molecule has 1 aromatic heterocycles. The van der Waals surface area contributed by atoms with Crippen molar-refractivity contribution in [2.75, 3.05) is 26.9 Å². The van der Waals surface area contributed by atoms with E-state index in [1.807, 2.05) is 0 Å². The van der Waals surface area contributed by atoms with Crippen LogP contribution in [0.4, 0.5) is 0 Å². The Bertz CT molecular complexity index is 428. The lowest BCUT2D eigenvalue weighted by molar-refractivity contribution is -0.101. The molecule has 1 aliphatic rings. The summed E-state index contributed by atoms with van der Waals surface area (Å²) < 4.78 is 16.5. The Morgan fingerprint density at radius 2 is 2.05 bits per heavy atom. The molecule has 0 amide bonds. The van der Waals surface area contributed by atoms with Gasteiger partial charge in [0.2, 0.25) is 11.7 Å². The van der Waals surface area contributed by atoms with E-state index in [4.69, 9.17) is 19.7 Å². The molecule has 0 bridgehead atoms. The van der Waals surface area contributed by atoms with Gasteiger partial charge in [-0.3, -0.25) is 0 Å². The minimum atomic E-state index is -0.462. The fourth-order valence-electron chi connectivity index (χ4n) is 2.92. The van der Waals surface area contributed by atoms with Crippen molar-refractivity contribution in [1.29, 1.82) is 0 Å². The maximum Gasteiger partial charge on any atom is 0.227 e. The first-order valence-corrected chi connectivity index (χ1v) is 7.75. The lowest BCUT2D eigenvalue weighted by Gasteiger charge is -2.32. The molecule has 21 heavy (non-hydrogen) atoms. The predicted molar refractivity (Wildman–Crippen MR) is 78.7 cm³/mol. The maximum atomic E-state index is 5.84. The number of nitrogens with zero attached hydrogens (tertiary/aromatic N) is 2. The highest BCUT2D eigenvalue weighted by Gasteiger charge is 2.39. The fourth-order valence-corrected chi connectivity index (χ4v) is 2.92. The summed E-state index contributed by atoms with van der Waals surface area (Å²) in [4.78, 5) is 4.56. The van der Waals surface area contributed by atoms with Crippen molar-refractivity contribution in [2.45, 2.75) is 45.1 Å². The van der Waals surface area contributed by atoms with Gasteiger partial charge in [-0.05, 0) is 24.8 Å². The van der Waals surface area contributed by atoms with Gasteiger partial charge in [-0.1, -0.05) is 19.0 Å². The standard InChI is InChI=1S/C15H27N3O3/c1-11(2)8-12(10-16)9-13-17-14(18-21-13)15(19-3)4-6-20-7-5-15/h11-12H,4-10,16H2,1-3H3/t12-/m0/s1. The van der Waals surface area contributed by atoms with Gasteiger partial charge >= 0.3 is 0 Å². The molecule has 1 atom stereocenters. The van der Waals surface area contributed by atoms with Crippen molar-refractivity contribution < 1.29 is 14.0 Å². The Balaban J connectivity index is 2.06. The van der Waals surface area contributed by atoms with E-state index in [0.29, 0.717) is 43.3 Å². The molecule has 1 aliphatic heterocycles. The third-order valence-corrected chi connectivity index (χ3v) is 4.17. The Labute approximate surface area is 126 Å². The Morgan fingerprint density at radius 1 is 1.33 bits per heavy atom. The Kier molecular flexibility index (Phi) is 5.72. The first kappa shape index (κ1) is 16.4. The van der Waals surface area contributed by atoms with Crippen LogP contribution in [0.5, 0.6) is 0 Å². The summed E-state index contributed by atoms with van der Waals surface area (Å²) in [7, 11) is 1.70. The third-order valence-electron chi connectivity index (χ3n) is 4.17. The SMILES string of the molecule is COC1(c2noc(C[C@@H](CN)CC(C)C)n2)CCOCC1. The summed E-state index contributed by atoms with van der Waals surface area (Å²) in [5.41, 5.74) is 5.38. The summed E-state index contributed by atoms with van der Waals surface area (Å²) in [6.07, 6.45) is 3.32. The van der Waals surface area contributed by atoms with Gasteiger partial charge in [0.05, 0.1) is 0 Å². The second-order valence-electron chi connectivity index (χ2n) is 6.26. The first-order valence-electron chi connectivity index (χ1n) is 7.75. The summed E-state index contributed by atoms with van der Waals surface area (Å²) >= 11 is 0. The smallest absolute Gasteiger partial charge is 0.227 e. The van der Waals surface area contributed by atoms with Crippen LogP contribution in [-0.2, 0) is 21.5 Å². The summed E-state index contributed by atoms with van der Waals surface area (Å²) in [6.45, 7) is 6.36. The zero-order valence-corrected chi connectivity index (χ0v) is 13.3. The van der Waals surface area contributed by atoms with E-state index in [9.17, 15) is 0 Å². The number of methoxy groups -OCH3 is 1. The lowest BCUT2D eigenvalue weighted by Crippen LogP contribution is -2.36. The molecule has 120 valence electrons. The topological polar surface area (TPSA) is 83.4 Å². The van der Waals surface area contributed by atoms with Crippen molar-refractivity contribution >= 4 is 0 Å². The highest BCUT2D eigenvalue weighted by molar-refractivity contribution is 5.03. The lowest BCUT2D eigenvalue weighted by atomic mass is 9.93. The van der Waals surface area contributed by atoms with Crippen LogP contribution >= 0.6 is 0 Å². The summed E-state index contributed by atoms with van der Waals surface area (Å²) in [5.74, 6) is 2.29. The Hall–Kier alpha value is -0.980. The van der Waals surface area contributed by atoms with E-state index >= 15 is 0 Å². The number of aromatic nitrogens is 2. The third kappa shape index (κ3) is 4.02. The zero-order chi connectivity index (χ0) is 15.3. The molecule has 2 rings (SSSR count). The molecule has 0 unspecified atom stereocenters. The highest BCUT2D eigenvalue weighted by Crippen LogP contribution is 2.33. The average Bonchev–Trinajstić information content (AvgIpc) is 2.96. The first-order chi connectivity index (χ1) is 10.1. The molecule has 2 heterocycles. The van der Waals surface area contributed by atoms with Crippen molar-refractivity contribution in [3.8, 4) is 0 Å². The quantitative estimate of drug-likeness (QED) is 0.827. The summed E-state index contributed by atoms with van der Waals surface area (Å²) in [6, 6.07) is 0. The van der Waals surface area contributed by atoms with Crippen LogP contribution in [0.25, 0.3) is 0 Å². The highest BCUT2D eigenvalue weighted by atomic mass is 16.5. The van der Waals surface area contributed by atoms with Gasteiger partial charge in [-0.2, -0.15) is 4.98 Å². The van der Waals surface area contributed by atoms with Gasteiger partial charge in [0, 0.05) is 39.6 Å². The molecule has 0 aromatic carbocycles. The van der Waals surface area contributed by atoms with Crippen LogP contribution in [0.2, 0.25) is 0 Å². The van der Waals surface area contributed by atoms with Crippen LogP contribution in [0.3, 0.4) is 0 Å². The van der Waals surface area contributed by atoms with Gasteiger partial charge in [0.1, 0.15) is 5.60 Å². The van der Waals surface area contributed by atoms with E-state index < -0.39 is 5.60 Å². The maximum absolute atomic E-state index is 5.84. The molecule has 0 aliphatic carbocycles. The fraction of sp³-hybridized carbons (Fsp3) is 0.867. The number of hydrogen-bond donors (Lipinski definition) is 1. The second-order valence-corrected chi connectivity index (χ2v) is 6.26. The second kappa shape index (κ2) is 7.33. The normalized spacial score (nSPS) is 19.9. The molecular weight excluding hydrogens is 270 g/mol. The Morgan fingerprint density at radius 3 is 2.62 bits per heavy atom. The molecule has 0 radical (unpaired) electrons. The molecule has 0 spiro atoms. The predicted octanol–water partition coefficient (Wildman–Crippen LogP) is 1.89. The van der Waals surface area contributed by atoms with Crippen LogP contribution in [-0.4, -0.2) is 37.0 Å². The molecule has 2 N–H and O–H groups in total. The largest absolute Gasteiger partial charge is 0.381 e. The van der Waals surface area contributed by atoms with Gasteiger partial charge < -0.3 is 19.7 Å². The van der Waals surface area contributed by atoms with E-state index in [-0.39, 0.29) is 0 Å². The molecule has 6 heteroatoms. The van der Waals surface area contributed by atoms with Crippen molar-refractivity contribution in [2.24, 2.45) is 17.6 Å². The van der Waals surface area contributed by atoms with Crippen LogP contribution < -0.4 is 5.73 Å². The van der Waals surface area contributed by atoms with Gasteiger partial charge in [-0.25, -0.2) is 0 Å². The van der Waals surface area contributed by atoms with Crippen molar-refractivity contribution in [3.05, 3.63) is 11.7 Å². The van der Waals surface area contributed by atoms with Gasteiger partial charge in [0.15, 0.2) is 0 Å². The molecule has 1 aromatic rings. The summed E-state index contributed by atoms with van der Waals surface area (Å²) in [5, 5.41) is 4.14. The van der Waals surface area contributed by atoms with Crippen LogP contribution in [0.1, 0.15) is 44.8 Å². The average molecular weight is 297 g/mol. The van der Waals surface area contributed by atoms with E-state index in [1.54, 1.807) is 7.11 Å². The van der Waals surface area contributed by atoms with Crippen molar-refractivity contribution in [1.82, 2.24) is 10.1 Å². The minimum absolute atomic E-state index is 0.381. The zero-order valence-electron chi connectivity index (χ0n) is 13.3.